The first-order chi connectivity index (χ1) is 16.3. The van der Waals surface area contributed by atoms with Gasteiger partial charge in [-0.25, -0.2) is 8.78 Å². The van der Waals surface area contributed by atoms with Crippen LogP contribution in [0, 0.1) is 37.5 Å². The molecule has 2 N–H and O–H groups in total. The number of ketones is 1. The Balaban J connectivity index is 1.91. The van der Waals surface area contributed by atoms with Gasteiger partial charge in [0, 0.05) is 49.0 Å². The first-order valence-corrected chi connectivity index (χ1v) is 11.4. The number of nitrogens with zero attached hydrogens (tertiary/aromatic N) is 1. The molecule has 0 aromatic heterocycles. The molecular weight excluding hydrogens is 436 g/mol. The summed E-state index contributed by atoms with van der Waals surface area (Å²) in [5, 5.41) is 19.6. The van der Waals surface area contributed by atoms with Gasteiger partial charge < -0.3 is 10.2 Å². The predicted octanol–water partition coefficient (Wildman–Crippen LogP) is 4.76. The highest BCUT2D eigenvalue weighted by atomic mass is 19.1. The molecule has 3 atom stereocenters. The number of carbonyl (C=O) groups is 1. The van der Waals surface area contributed by atoms with Crippen molar-refractivity contribution in [3.8, 4) is 5.75 Å². The fourth-order valence-electron chi connectivity index (χ4n) is 5.26. The Morgan fingerprint density at radius 2 is 1.82 bits per heavy atom. The molecule has 1 aliphatic rings. The summed E-state index contributed by atoms with van der Waals surface area (Å²) in [7, 11) is 0. The summed E-state index contributed by atoms with van der Waals surface area (Å²) in [5.41, 5.74) is 2.71. The number of phenolic OH excluding ortho intramolecular Hbond substituents is 1. The van der Waals surface area contributed by atoms with E-state index in [9.17, 15) is 23.8 Å². The summed E-state index contributed by atoms with van der Waals surface area (Å²) in [6.45, 7) is 4.49. The first-order valence-electron chi connectivity index (χ1n) is 11.4. The van der Waals surface area contributed by atoms with Gasteiger partial charge in [0.05, 0.1) is 6.61 Å². The molecule has 0 amide bonds. The van der Waals surface area contributed by atoms with E-state index in [2.05, 4.69) is 6.07 Å². The van der Waals surface area contributed by atoms with Gasteiger partial charge in [0.1, 0.15) is 17.4 Å². The molecule has 0 unspecified atom stereocenters. The van der Waals surface area contributed by atoms with Crippen molar-refractivity contribution in [3.05, 3.63) is 100 Å². The largest absolute Gasteiger partial charge is 0.508 e. The van der Waals surface area contributed by atoms with E-state index in [1.807, 2.05) is 17.0 Å². The zero-order valence-electron chi connectivity index (χ0n) is 19.3. The van der Waals surface area contributed by atoms with E-state index in [-0.39, 0.29) is 29.9 Å². The van der Waals surface area contributed by atoms with Crippen LogP contribution in [0.2, 0.25) is 0 Å². The third-order valence-corrected chi connectivity index (χ3v) is 6.96. The second kappa shape index (κ2) is 10.0. The Morgan fingerprint density at radius 3 is 2.56 bits per heavy atom. The van der Waals surface area contributed by atoms with Gasteiger partial charge in [0.25, 0.3) is 0 Å². The van der Waals surface area contributed by atoms with Crippen LogP contribution in [0.5, 0.6) is 5.75 Å². The number of phenols is 1. The maximum absolute atomic E-state index is 14.7. The number of aliphatic hydroxyl groups excluding tert-OH is 1. The summed E-state index contributed by atoms with van der Waals surface area (Å²) in [6, 6.07) is 17.0. The molecule has 0 saturated carbocycles. The van der Waals surface area contributed by atoms with Crippen LogP contribution >= 0.6 is 0 Å². The molecule has 1 radical (unpaired) electrons. The Labute approximate surface area is 198 Å². The molecule has 177 valence electrons. The fraction of sp³-hybridized carbons (Fsp3) is 0.321. The standard InChI is InChI=1S/C28H28F2NO3/c1-17-21(8-4-10-25(17)29)23-15-31(12-13-32)16-24(28(34)19-6-3-7-20(33)14-19)27(23)22-9-5-11-26(30)18(22)2/h3-9,11,14,23-24,27,32-33H,12-13,15-16H2,1-2H3/t23-,24+,27-/m1/s1. The van der Waals surface area contributed by atoms with E-state index in [1.165, 1.54) is 24.3 Å². The molecule has 4 rings (SSSR count). The molecule has 0 aliphatic carbocycles. The maximum atomic E-state index is 14.7. The lowest BCUT2D eigenvalue weighted by atomic mass is 9.67. The van der Waals surface area contributed by atoms with Crippen LogP contribution in [0.3, 0.4) is 0 Å². The van der Waals surface area contributed by atoms with E-state index in [4.69, 9.17) is 0 Å². The molecular formula is C28H28F2NO3. The van der Waals surface area contributed by atoms with Crippen molar-refractivity contribution in [2.45, 2.75) is 25.7 Å². The van der Waals surface area contributed by atoms with E-state index in [0.29, 0.717) is 41.9 Å². The number of rotatable bonds is 6. The Bertz CT molecular complexity index is 1200. The van der Waals surface area contributed by atoms with Crippen molar-refractivity contribution in [2.75, 3.05) is 26.2 Å². The number of hydrogen-bond acceptors (Lipinski definition) is 4. The van der Waals surface area contributed by atoms with Crippen LogP contribution in [0.1, 0.15) is 44.4 Å². The monoisotopic (exact) mass is 464 g/mol. The number of hydrogen-bond donors (Lipinski definition) is 2. The SMILES string of the molecule is Cc1c(F)cccc1[C@H]1[C@@H](C(=O)c2cccc(O)c2)CN(CCO)C[C@@H]1c1cc[c]c(F)c1C. The molecule has 1 aliphatic heterocycles. The number of β-amino-alcohol motifs (C(OH)–C–C–N with tert-alkyl or cyclic N) is 1. The molecule has 1 fully saturated rings. The van der Waals surface area contributed by atoms with E-state index < -0.39 is 17.7 Å². The van der Waals surface area contributed by atoms with Gasteiger partial charge in [-0.15, -0.1) is 0 Å². The van der Waals surface area contributed by atoms with Gasteiger partial charge in [-0.3, -0.25) is 9.69 Å². The number of benzene rings is 3. The van der Waals surface area contributed by atoms with Gasteiger partial charge in [0.2, 0.25) is 0 Å². The van der Waals surface area contributed by atoms with Crippen LogP contribution < -0.4 is 0 Å². The van der Waals surface area contributed by atoms with Crippen LogP contribution in [0.25, 0.3) is 0 Å². The molecule has 3 aromatic carbocycles. The van der Waals surface area contributed by atoms with Gasteiger partial charge in [-0.2, -0.15) is 0 Å². The highest BCUT2D eigenvalue weighted by Gasteiger charge is 2.43. The third kappa shape index (κ3) is 4.61. The average Bonchev–Trinajstić information content (AvgIpc) is 2.82. The van der Waals surface area contributed by atoms with Gasteiger partial charge in [0.15, 0.2) is 5.78 Å². The minimum atomic E-state index is -0.598. The van der Waals surface area contributed by atoms with Crippen LogP contribution in [0.15, 0.2) is 54.6 Å². The van der Waals surface area contributed by atoms with Crippen molar-refractivity contribution in [1.82, 2.24) is 4.90 Å². The summed E-state index contributed by atoms with van der Waals surface area (Å²) in [5.74, 6) is -2.36. The number of halogens is 2. The van der Waals surface area contributed by atoms with Gasteiger partial charge in [-0.1, -0.05) is 36.4 Å². The first kappa shape index (κ1) is 24.0. The Hall–Kier alpha value is -3.09. The smallest absolute Gasteiger partial charge is 0.167 e. The molecule has 1 saturated heterocycles. The van der Waals surface area contributed by atoms with Crippen LogP contribution in [-0.4, -0.2) is 47.1 Å². The topological polar surface area (TPSA) is 60.8 Å². The summed E-state index contributed by atoms with van der Waals surface area (Å²) in [4.78, 5) is 15.8. The molecule has 0 bridgehead atoms. The highest BCUT2D eigenvalue weighted by molar-refractivity contribution is 5.99. The van der Waals surface area contributed by atoms with Crippen LogP contribution in [0.4, 0.5) is 8.78 Å². The summed E-state index contributed by atoms with van der Waals surface area (Å²) >= 11 is 0. The minimum Gasteiger partial charge on any atom is -0.508 e. The van der Waals surface area contributed by atoms with Crippen molar-refractivity contribution < 1.29 is 23.8 Å². The Kier molecular flexibility index (Phi) is 7.10. The number of piperidine rings is 1. The molecule has 0 spiro atoms. The Morgan fingerprint density at radius 1 is 1.06 bits per heavy atom. The third-order valence-electron chi connectivity index (χ3n) is 6.96. The molecule has 4 nitrogen and oxygen atoms in total. The van der Waals surface area contributed by atoms with E-state index in [0.717, 1.165) is 5.56 Å². The molecule has 34 heavy (non-hydrogen) atoms. The summed E-state index contributed by atoms with van der Waals surface area (Å²) in [6.07, 6.45) is 0. The van der Waals surface area contributed by atoms with Gasteiger partial charge >= 0.3 is 0 Å². The van der Waals surface area contributed by atoms with Crippen molar-refractivity contribution in [3.63, 3.8) is 0 Å². The van der Waals surface area contributed by atoms with Crippen LogP contribution in [-0.2, 0) is 0 Å². The van der Waals surface area contributed by atoms with Crippen molar-refractivity contribution in [2.24, 2.45) is 5.92 Å². The second-order valence-electron chi connectivity index (χ2n) is 8.96. The second-order valence-corrected chi connectivity index (χ2v) is 8.96. The zero-order valence-corrected chi connectivity index (χ0v) is 19.3. The fourth-order valence-corrected chi connectivity index (χ4v) is 5.26. The quantitative estimate of drug-likeness (QED) is 0.517. The van der Waals surface area contributed by atoms with E-state index in [1.54, 1.807) is 32.0 Å². The zero-order chi connectivity index (χ0) is 24.4. The number of carbonyl (C=O) groups excluding carboxylic acids is 1. The number of likely N-dealkylation sites (tertiary alicyclic amines) is 1. The maximum Gasteiger partial charge on any atom is 0.167 e. The normalized spacial score (nSPS) is 20.9. The minimum absolute atomic E-state index is 0.0135. The highest BCUT2D eigenvalue weighted by Crippen LogP contribution is 2.46. The molecule has 1 heterocycles. The lowest BCUT2D eigenvalue weighted by molar-refractivity contribution is 0.0699. The summed E-state index contributed by atoms with van der Waals surface area (Å²) < 4.78 is 29.2. The van der Waals surface area contributed by atoms with Crippen molar-refractivity contribution in [1.29, 1.82) is 0 Å². The predicted molar refractivity (Wildman–Crippen MR) is 126 cm³/mol. The number of aromatic hydroxyl groups is 1. The van der Waals surface area contributed by atoms with E-state index >= 15 is 0 Å². The molecule has 3 aromatic rings. The lowest BCUT2D eigenvalue weighted by Gasteiger charge is -2.44. The number of aliphatic hydroxyl groups is 1. The number of Topliss-reactive ketones (excluding diaryl/α,β-unsaturated/α-hetero) is 1. The lowest BCUT2D eigenvalue weighted by Crippen LogP contribution is -2.48. The molecule has 6 heteroatoms. The van der Waals surface area contributed by atoms with Crippen molar-refractivity contribution >= 4 is 5.78 Å². The van der Waals surface area contributed by atoms with Gasteiger partial charge in [-0.05, 0) is 54.3 Å². The average molecular weight is 465 g/mol.